The molecule has 1 rings (SSSR count). The highest BCUT2D eigenvalue weighted by atomic mass is 32.1. The smallest absolute Gasteiger partial charge is 0.0772 e. The molecule has 1 saturated carbocycles. The minimum Gasteiger partial charge on any atom is -0.391 e. The van der Waals surface area contributed by atoms with Crippen LogP contribution in [0.3, 0.4) is 0 Å². The molecule has 0 aliphatic heterocycles. The highest BCUT2D eigenvalue weighted by Gasteiger charge is 2.29. The molecule has 1 nitrogen and oxygen atoms in total. The van der Waals surface area contributed by atoms with Crippen LogP contribution >= 0.6 is 25.3 Å². The van der Waals surface area contributed by atoms with Crippen LogP contribution in [0.25, 0.3) is 0 Å². The molecule has 0 aromatic carbocycles. The summed E-state index contributed by atoms with van der Waals surface area (Å²) in [4.78, 5) is 0. The minimum absolute atomic E-state index is 0.164. The molecule has 2 unspecified atom stereocenters. The molecule has 8 heavy (non-hydrogen) atoms. The predicted octanol–water partition coefficient (Wildman–Crippen LogP) is 0.738. The van der Waals surface area contributed by atoms with E-state index in [0.717, 1.165) is 12.8 Å². The lowest BCUT2D eigenvalue weighted by Gasteiger charge is -2.09. The Labute approximate surface area is 60.3 Å². The van der Waals surface area contributed by atoms with E-state index in [4.69, 9.17) is 5.11 Å². The molecule has 48 valence electrons. The molecule has 0 aromatic rings. The maximum Gasteiger partial charge on any atom is 0.0772 e. The van der Waals surface area contributed by atoms with Gasteiger partial charge in [0.15, 0.2) is 0 Å². The molecule has 0 bridgehead atoms. The van der Waals surface area contributed by atoms with Crippen molar-refractivity contribution in [2.24, 2.45) is 0 Å². The Hall–Kier alpha value is 0.660. The van der Waals surface area contributed by atoms with E-state index in [0.29, 0.717) is 0 Å². The average molecular weight is 150 g/mol. The third-order valence-corrected chi connectivity index (χ3v) is 2.67. The fourth-order valence-electron chi connectivity index (χ4n) is 0.939. The van der Waals surface area contributed by atoms with Gasteiger partial charge in [-0.2, -0.15) is 25.3 Å². The van der Waals surface area contributed by atoms with Crippen LogP contribution in [0.2, 0.25) is 0 Å². The van der Waals surface area contributed by atoms with E-state index in [-0.39, 0.29) is 16.6 Å². The highest BCUT2D eigenvalue weighted by Crippen LogP contribution is 2.27. The third kappa shape index (κ3) is 1.14. The van der Waals surface area contributed by atoms with Crippen molar-refractivity contribution in [3.63, 3.8) is 0 Å². The molecule has 1 fully saturated rings. The van der Waals surface area contributed by atoms with Gasteiger partial charge in [-0.1, -0.05) is 0 Å². The van der Waals surface area contributed by atoms with Crippen LogP contribution in [-0.2, 0) is 0 Å². The van der Waals surface area contributed by atoms with Gasteiger partial charge in [-0.3, -0.25) is 0 Å². The van der Waals surface area contributed by atoms with Crippen LogP contribution in [-0.4, -0.2) is 21.7 Å². The van der Waals surface area contributed by atoms with Crippen LogP contribution in [0.4, 0.5) is 0 Å². The summed E-state index contributed by atoms with van der Waals surface area (Å²) in [6.45, 7) is 0. The SMILES string of the molecule is OC1C(S)CCC1S. The van der Waals surface area contributed by atoms with E-state index in [9.17, 15) is 0 Å². The van der Waals surface area contributed by atoms with Gasteiger partial charge in [0.25, 0.3) is 0 Å². The van der Waals surface area contributed by atoms with Crippen LogP contribution in [0.5, 0.6) is 0 Å². The van der Waals surface area contributed by atoms with Crippen molar-refractivity contribution in [3.8, 4) is 0 Å². The van der Waals surface area contributed by atoms with E-state index in [1.54, 1.807) is 0 Å². The number of thiol groups is 2. The Morgan fingerprint density at radius 2 is 1.50 bits per heavy atom. The van der Waals surface area contributed by atoms with Gasteiger partial charge in [0.2, 0.25) is 0 Å². The zero-order valence-corrected chi connectivity index (χ0v) is 6.28. The maximum atomic E-state index is 9.11. The van der Waals surface area contributed by atoms with Crippen LogP contribution in [0.1, 0.15) is 12.8 Å². The van der Waals surface area contributed by atoms with Gasteiger partial charge in [0, 0.05) is 10.5 Å². The molecule has 0 saturated heterocycles. The normalized spacial score (nSPS) is 47.6. The first-order valence-corrected chi connectivity index (χ1v) is 3.79. The topological polar surface area (TPSA) is 20.2 Å². The Bertz CT molecular complexity index is 76.5. The van der Waals surface area contributed by atoms with Gasteiger partial charge < -0.3 is 5.11 Å². The lowest BCUT2D eigenvalue weighted by Crippen LogP contribution is -2.20. The number of hydrogen-bond acceptors (Lipinski definition) is 3. The zero-order chi connectivity index (χ0) is 6.15. The minimum atomic E-state index is -0.290. The van der Waals surface area contributed by atoms with E-state index in [1.165, 1.54) is 0 Å². The van der Waals surface area contributed by atoms with E-state index in [1.807, 2.05) is 0 Å². The molecule has 2 atom stereocenters. The fraction of sp³-hybridized carbons (Fsp3) is 1.00. The molecule has 0 radical (unpaired) electrons. The summed E-state index contributed by atoms with van der Waals surface area (Å²) >= 11 is 8.30. The first-order chi connectivity index (χ1) is 3.72. The van der Waals surface area contributed by atoms with Gasteiger partial charge >= 0.3 is 0 Å². The van der Waals surface area contributed by atoms with E-state index < -0.39 is 0 Å². The second kappa shape index (κ2) is 2.50. The number of hydrogen-bond donors (Lipinski definition) is 3. The molecule has 0 amide bonds. The number of rotatable bonds is 0. The number of aliphatic hydroxyl groups is 1. The second-order valence-corrected chi connectivity index (χ2v) is 3.53. The van der Waals surface area contributed by atoms with Crippen LogP contribution in [0, 0.1) is 0 Å². The summed E-state index contributed by atoms with van der Waals surface area (Å²) in [5.41, 5.74) is 0. The fourth-order valence-corrected chi connectivity index (χ4v) is 1.79. The van der Waals surface area contributed by atoms with E-state index >= 15 is 0 Å². The summed E-state index contributed by atoms with van der Waals surface area (Å²) in [5, 5.41) is 9.44. The van der Waals surface area contributed by atoms with Crippen molar-refractivity contribution in [3.05, 3.63) is 0 Å². The Morgan fingerprint density at radius 3 is 1.62 bits per heavy atom. The van der Waals surface area contributed by atoms with Crippen LogP contribution in [0.15, 0.2) is 0 Å². The predicted molar refractivity (Wildman–Crippen MR) is 40.8 cm³/mol. The Morgan fingerprint density at radius 1 is 1.12 bits per heavy atom. The summed E-state index contributed by atoms with van der Waals surface area (Å²) in [6.07, 6.45) is 1.71. The molecule has 0 spiro atoms. The standard InChI is InChI=1S/C5H10OS2/c6-5-3(7)1-2-4(5)8/h3-8H,1-2H2. The van der Waals surface area contributed by atoms with Gasteiger partial charge in [-0.25, -0.2) is 0 Å². The summed E-state index contributed by atoms with van der Waals surface area (Å²) in [7, 11) is 0. The lowest BCUT2D eigenvalue weighted by atomic mass is 10.3. The summed E-state index contributed by atoms with van der Waals surface area (Å²) in [6, 6.07) is 0. The molecule has 3 heteroatoms. The van der Waals surface area contributed by atoms with Crippen molar-refractivity contribution >= 4 is 25.3 Å². The van der Waals surface area contributed by atoms with Gasteiger partial charge in [-0.05, 0) is 12.8 Å². The third-order valence-electron chi connectivity index (χ3n) is 1.55. The van der Waals surface area contributed by atoms with Crippen molar-refractivity contribution < 1.29 is 5.11 Å². The van der Waals surface area contributed by atoms with Crippen LogP contribution < -0.4 is 0 Å². The second-order valence-electron chi connectivity index (χ2n) is 2.20. The zero-order valence-electron chi connectivity index (χ0n) is 4.49. The quantitative estimate of drug-likeness (QED) is 0.435. The molecular formula is C5H10OS2. The van der Waals surface area contributed by atoms with Gasteiger partial charge in [0.05, 0.1) is 6.10 Å². The number of aliphatic hydroxyl groups excluding tert-OH is 1. The average Bonchev–Trinajstić information content (AvgIpc) is 1.98. The largest absolute Gasteiger partial charge is 0.391 e. The maximum absolute atomic E-state index is 9.11. The molecule has 1 N–H and O–H groups in total. The molecular weight excluding hydrogens is 140 g/mol. The highest BCUT2D eigenvalue weighted by molar-refractivity contribution is 7.82. The van der Waals surface area contributed by atoms with Gasteiger partial charge in [0.1, 0.15) is 0 Å². The summed E-state index contributed by atoms with van der Waals surface area (Å²) in [5.74, 6) is 0. The van der Waals surface area contributed by atoms with Crippen molar-refractivity contribution in [1.82, 2.24) is 0 Å². The van der Waals surface area contributed by atoms with Gasteiger partial charge in [-0.15, -0.1) is 0 Å². The molecule has 0 aromatic heterocycles. The molecule has 1 aliphatic carbocycles. The van der Waals surface area contributed by atoms with Crippen molar-refractivity contribution in [1.29, 1.82) is 0 Å². The first-order valence-electron chi connectivity index (χ1n) is 2.76. The monoisotopic (exact) mass is 150 g/mol. The molecule has 1 aliphatic rings. The Balaban J connectivity index is 2.44. The van der Waals surface area contributed by atoms with Crippen molar-refractivity contribution in [2.75, 3.05) is 0 Å². The lowest BCUT2D eigenvalue weighted by molar-refractivity contribution is 0.194. The summed E-state index contributed by atoms with van der Waals surface area (Å²) < 4.78 is 0. The first kappa shape index (κ1) is 6.78. The molecule has 0 heterocycles. The van der Waals surface area contributed by atoms with E-state index in [2.05, 4.69) is 25.3 Å². The van der Waals surface area contributed by atoms with Crippen molar-refractivity contribution in [2.45, 2.75) is 29.4 Å². The Kier molecular flexibility index (Phi) is 2.12.